The molecule has 9 heterocycles. The molecule has 31 aromatic rings. The molecule has 9 aromatic heterocycles. The number of aromatic nitrogens is 5. The van der Waals surface area contributed by atoms with Gasteiger partial charge in [0.15, 0.2) is 0 Å². The van der Waals surface area contributed by atoms with Crippen molar-refractivity contribution in [3.05, 3.63) is 489 Å². The lowest BCUT2D eigenvalue weighted by atomic mass is 9.82. The summed E-state index contributed by atoms with van der Waals surface area (Å²) in [6, 6.07) is 167. The van der Waals surface area contributed by atoms with Gasteiger partial charge in [0, 0.05) is 193 Å². The van der Waals surface area contributed by atoms with Crippen LogP contribution in [0.3, 0.4) is 0 Å². The Morgan fingerprint density at radius 3 is 1.33 bits per heavy atom. The van der Waals surface area contributed by atoms with Gasteiger partial charge in [0.05, 0.1) is 11.2 Å². The van der Waals surface area contributed by atoms with Crippen LogP contribution in [0, 0.1) is 0 Å². The molecule has 33 rings (SSSR count). The van der Waals surface area contributed by atoms with Gasteiger partial charge in [-0.15, -0.1) is 22.7 Å². The molecule has 700 valence electrons. The molecule has 0 atom stereocenters. The third-order valence-electron chi connectivity index (χ3n) is 31.2. The number of hydrogen-bond acceptors (Lipinski definition) is 5. The SMILES string of the molecule is CC1(C)c2ccccc2-c2c1ccc1[nH]c3cc(-c4ccccc4)ccc3c21.CC1(C)c2ccccc2-c2ccc(N(c3ccccc3)c3cccc4[nH]c5cc6c(cc5c34)oc3ccccc36)cc21.c1ccc(-c2c3sc4ccccc4c3cc3[nH]c4ccccc4c23)cc1.c1ccc(-c2cc3sc4ccccc4c3c3[nH]c4ccccc4c23)cc1.c1ccc(-c2cccc3[nH]c4cc5c(cc4c23)oc2ccccc25)cc1. The van der Waals surface area contributed by atoms with Crippen LogP contribution in [0.25, 0.3) is 260 Å². The summed E-state index contributed by atoms with van der Waals surface area (Å²) in [6.45, 7) is 9.36. The number of nitrogens with one attached hydrogen (secondary N) is 5. The maximum atomic E-state index is 6.33. The second-order valence-corrected chi connectivity index (χ2v) is 42.4. The number of thiophene rings is 2. The molecule has 2 aliphatic carbocycles. The molecule has 0 saturated carbocycles. The first-order valence-electron chi connectivity index (χ1n) is 50.8. The molecule has 22 aromatic carbocycles. The highest BCUT2D eigenvalue weighted by molar-refractivity contribution is 7.26. The van der Waals surface area contributed by atoms with Gasteiger partial charge >= 0.3 is 0 Å². The van der Waals surface area contributed by atoms with E-state index in [0.717, 1.165) is 88.4 Å². The number of anilines is 3. The molecule has 5 N–H and O–H groups in total. The van der Waals surface area contributed by atoms with E-state index < -0.39 is 0 Å². The van der Waals surface area contributed by atoms with Gasteiger partial charge < -0.3 is 38.7 Å². The van der Waals surface area contributed by atoms with E-state index in [1.165, 1.54) is 211 Å². The van der Waals surface area contributed by atoms with Crippen molar-refractivity contribution >= 4 is 233 Å². The summed E-state index contributed by atoms with van der Waals surface area (Å²) < 4.78 is 17.8. The predicted molar refractivity (Wildman–Crippen MR) is 631 cm³/mol. The van der Waals surface area contributed by atoms with Crippen molar-refractivity contribution < 1.29 is 8.83 Å². The van der Waals surface area contributed by atoms with E-state index in [-0.39, 0.29) is 10.8 Å². The maximum absolute atomic E-state index is 6.33. The highest BCUT2D eigenvalue weighted by Crippen LogP contribution is 2.57. The Labute approximate surface area is 859 Å². The van der Waals surface area contributed by atoms with Crippen LogP contribution in [0.15, 0.2) is 476 Å². The summed E-state index contributed by atoms with van der Waals surface area (Å²) in [5.41, 5.74) is 40.0. The van der Waals surface area contributed by atoms with Crippen LogP contribution in [-0.2, 0) is 10.8 Å². The number of H-pyrrole nitrogens is 5. The summed E-state index contributed by atoms with van der Waals surface area (Å²) in [6.07, 6.45) is 0. The topological polar surface area (TPSA) is 108 Å². The number of fused-ring (bicyclic) bond motifs is 35. The smallest absolute Gasteiger partial charge is 0.136 e. The average Bonchev–Trinajstić information content (AvgIpc) is 1.54. The van der Waals surface area contributed by atoms with Gasteiger partial charge in [0.1, 0.15) is 22.3 Å². The number of rotatable bonds is 7. The minimum Gasteiger partial charge on any atom is -0.456 e. The normalized spacial score (nSPS) is 12.8. The zero-order chi connectivity index (χ0) is 98.1. The second-order valence-electron chi connectivity index (χ2n) is 40.3. The zero-order valence-electron chi connectivity index (χ0n) is 81.5. The summed E-state index contributed by atoms with van der Waals surface area (Å²) in [7, 11) is 0. The lowest BCUT2D eigenvalue weighted by Gasteiger charge is -2.28. The summed E-state index contributed by atoms with van der Waals surface area (Å²) in [5.74, 6) is 0. The van der Waals surface area contributed by atoms with Gasteiger partial charge in [0.2, 0.25) is 0 Å². The molecule has 10 heteroatoms. The maximum Gasteiger partial charge on any atom is 0.136 e. The van der Waals surface area contributed by atoms with Gasteiger partial charge in [-0.1, -0.05) is 367 Å². The Hall–Kier alpha value is -18.3. The van der Waals surface area contributed by atoms with Crippen LogP contribution in [-0.4, -0.2) is 24.9 Å². The average molecular weight is 1930 g/mol. The van der Waals surface area contributed by atoms with E-state index in [2.05, 4.69) is 500 Å². The van der Waals surface area contributed by atoms with Crippen LogP contribution < -0.4 is 4.90 Å². The zero-order valence-corrected chi connectivity index (χ0v) is 83.2. The fourth-order valence-electron chi connectivity index (χ4n) is 24.4. The number of hydrogen-bond donors (Lipinski definition) is 5. The second kappa shape index (κ2) is 34.2. The fourth-order valence-corrected chi connectivity index (χ4v) is 26.8. The monoisotopic (exact) mass is 1930 g/mol. The van der Waals surface area contributed by atoms with Crippen molar-refractivity contribution in [2.24, 2.45) is 0 Å². The number of nitrogens with zero attached hydrogens (tertiary/aromatic N) is 1. The minimum atomic E-state index is -0.0794. The number of benzene rings is 22. The molecule has 0 bridgehead atoms. The van der Waals surface area contributed by atoms with E-state index in [4.69, 9.17) is 8.83 Å². The van der Waals surface area contributed by atoms with E-state index >= 15 is 0 Å². The summed E-state index contributed by atoms with van der Waals surface area (Å²) >= 11 is 3.77. The summed E-state index contributed by atoms with van der Waals surface area (Å²) in [4.78, 5) is 20.7. The third-order valence-corrected chi connectivity index (χ3v) is 33.5. The quantitative estimate of drug-likeness (QED) is 0.110. The molecule has 8 nitrogen and oxygen atoms in total. The van der Waals surface area contributed by atoms with Crippen molar-refractivity contribution in [3.8, 4) is 66.8 Å². The first kappa shape index (κ1) is 86.4. The van der Waals surface area contributed by atoms with Crippen molar-refractivity contribution in [2.45, 2.75) is 38.5 Å². The first-order valence-corrected chi connectivity index (χ1v) is 52.4. The van der Waals surface area contributed by atoms with Crippen LogP contribution in [0.4, 0.5) is 17.1 Å². The van der Waals surface area contributed by atoms with Crippen molar-refractivity contribution in [3.63, 3.8) is 0 Å². The largest absolute Gasteiger partial charge is 0.456 e. The molecule has 0 saturated heterocycles. The Kier molecular flexibility index (Phi) is 20.0. The summed E-state index contributed by atoms with van der Waals surface area (Å²) in [5, 5.41) is 22.6. The Bertz CT molecular complexity index is 10800. The Balaban J connectivity index is 0.0000000885. The molecule has 0 fully saturated rings. The van der Waals surface area contributed by atoms with Gasteiger partial charge in [-0.25, -0.2) is 0 Å². The fraction of sp³-hybridized carbons (Fsp3) is 0.0435. The minimum absolute atomic E-state index is 0.0354. The molecular weight excluding hydrogens is 1840 g/mol. The molecular formula is C138H94N6O2S2. The van der Waals surface area contributed by atoms with E-state index in [9.17, 15) is 0 Å². The molecule has 0 aliphatic heterocycles. The lowest BCUT2D eigenvalue weighted by Crippen LogP contribution is -2.16. The highest BCUT2D eigenvalue weighted by Gasteiger charge is 2.39. The Morgan fingerprint density at radius 2 is 0.662 bits per heavy atom. The van der Waals surface area contributed by atoms with Gasteiger partial charge in [-0.3, -0.25) is 0 Å². The van der Waals surface area contributed by atoms with Crippen molar-refractivity contribution in [1.29, 1.82) is 0 Å². The van der Waals surface area contributed by atoms with E-state index in [0.29, 0.717) is 0 Å². The molecule has 0 amide bonds. The van der Waals surface area contributed by atoms with Crippen molar-refractivity contribution in [2.75, 3.05) is 4.90 Å². The molecule has 0 radical (unpaired) electrons. The number of para-hydroxylation sites is 5. The Morgan fingerprint density at radius 1 is 0.203 bits per heavy atom. The molecule has 0 spiro atoms. The van der Waals surface area contributed by atoms with Crippen molar-refractivity contribution in [1.82, 2.24) is 24.9 Å². The lowest BCUT2D eigenvalue weighted by molar-refractivity contribution is 0.660. The first-order chi connectivity index (χ1) is 72.9. The molecule has 2 aliphatic rings. The highest BCUT2D eigenvalue weighted by atomic mass is 32.1. The molecule has 148 heavy (non-hydrogen) atoms. The number of aromatic amines is 5. The number of furan rings is 2. The third kappa shape index (κ3) is 13.8. The van der Waals surface area contributed by atoms with Gasteiger partial charge in [0.25, 0.3) is 0 Å². The van der Waals surface area contributed by atoms with Crippen LogP contribution in [0.2, 0.25) is 0 Å². The predicted octanol–water partition coefficient (Wildman–Crippen LogP) is 39.9. The van der Waals surface area contributed by atoms with Crippen LogP contribution in [0.5, 0.6) is 0 Å². The van der Waals surface area contributed by atoms with E-state index in [1.807, 2.05) is 46.9 Å². The van der Waals surface area contributed by atoms with Crippen LogP contribution in [0.1, 0.15) is 49.9 Å². The van der Waals surface area contributed by atoms with Gasteiger partial charge in [-0.2, -0.15) is 0 Å². The van der Waals surface area contributed by atoms with E-state index in [1.54, 1.807) is 0 Å². The molecule has 0 unspecified atom stereocenters. The van der Waals surface area contributed by atoms with Crippen LogP contribution >= 0.6 is 22.7 Å². The standard InChI is InChI=1S/C39H28N2O.C27H21N.C24H15NO.2C24H15NS/c1-39(2)31-15-8-6-13-26(31)27-20-19-25(21-32(27)39)41(24-11-4-3-5-12-24)35-17-10-16-33-38(35)30-23-37-29(22-34(30)40-33)28-14-7-9-18-36(28)42-37;1-27(2)21-11-7-6-10-19(21)25-22(27)14-15-23-26(25)20-13-12-18(16-24(20)28-23)17-8-4-3-5-9-17;1-2-7-15(8-3-1)16-10-6-11-20-24(16)19-14-23-18(13-21(19)25-20)17-9-4-5-12-22(17)26-23;1-2-8-15(9-3-1)22-23-17-11-4-6-12-19(17)25-20(23)14-18-16-10-5-7-13-21(16)26-24(18)22;1-2-8-15(9-3-1)18-14-21-23(17-11-5-7-13-20(17)26-21)24-22(18)16-10-4-6-12-19(16)25-24/h3-23,40H,1-2H3;3-16,28H,1-2H3;3*1-14,25H. The van der Waals surface area contributed by atoms with Gasteiger partial charge in [-0.05, 0) is 211 Å².